The Morgan fingerprint density at radius 1 is 1.56 bits per heavy atom. The van der Waals surface area contributed by atoms with Gasteiger partial charge >= 0.3 is 0 Å². The Morgan fingerprint density at radius 3 is 2.56 bits per heavy atom. The molecule has 4 N–H and O–H groups in total. The molecule has 0 aliphatic carbocycles. The Morgan fingerprint density at radius 2 is 2.11 bits per heavy atom. The van der Waals surface area contributed by atoms with Crippen molar-refractivity contribution in [2.45, 2.75) is 5.97 Å². The highest BCUT2D eigenvalue weighted by Crippen LogP contribution is 1.94. The highest BCUT2D eigenvalue weighted by Gasteiger charge is 2.29. The van der Waals surface area contributed by atoms with E-state index >= 15 is 0 Å². The largest absolute Gasteiger partial charge is 0.418 e. The summed E-state index contributed by atoms with van der Waals surface area (Å²) in [5.74, 6) is -1.12. The van der Waals surface area contributed by atoms with Crippen molar-refractivity contribution < 1.29 is 9.53 Å². The molecule has 0 atom stereocenters. The van der Waals surface area contributed by atoms with Crippen molar-refractivity contribution in [3.8, 4) is 0 Å². The van der Waals surface area contributed by atoms with Gasteiger partial charge in [0.05, 0.1) is 0 Å². The highest BCUT2D eigenvalue weighted by atomic mass is 16.6. The molecule has 0 saturated carbocycles. The van der Waals surface area contributed by atoms with Gasteiger partial charge in [0.25, 0.3) is 12.4 Å². The van der Waals surface area contributed by atoms with E-state index in [1.807, 2.05) is 0 Å². The Bertz CT molecular complexity index is 110. The molecule has 5 heteroatoms. The van der Waals surface area contributed by atoms with Gasteiger partial charge in [-0.3, -0.25) is 21.2 Å². The van der Waals surface area contributed by atoms with Crippen LogP contribution in [0.5, 0.6) is 0 Å². The zero-order chi connectivity index (χ0) is 6.74. The summed E-state index contributed by atoms with van der Waals surface area (Å²) in [5, 5.41) is 5.49. The Balaban J connectivity index is 2.40. The van der Waals surface area contributed by atoms with Crippen LogP contribution in [-0.2, 0) is 9.53 Å². The molecule has 5 nitrogen and oxygen atoms in total. The number of hydrogen-bond acceptors (Lipinski definition) is 5. The second-order valence-corrected chi connectivity index (χ2v) is 1.80. The lowest BCUT2D eigenvalue weighted by molar-refractivity contribution is -0.147. The maximum atomic E-state index is 9.78. The monoisotopic (exact) mass is 131 g/mol. The minimum atomic E-state index is -1.12. The number of rotatable bonds is 2. The first-order chi connectivity index (χ1) is 4.27. The van der Waals surface area contributed by atoms with E-state index in [9.17, 15) is 4.79 Å². The number of nitrogens with two attached hydrogens (primary N) is 1. The number of hydrogen-bond donors (Lipinski definition) is 3. The fraction of sp³-hybridized carbons (Fsp3) is 0.750. The van der Waals surface area contributed by atoms with E-state index in [4.69, 9.17) is 5.73 Å². The third-order valence-corrected chi connectivity index (χ3v) is 1.13. The van der Waals surface area contributed by atoms with Crippen molar-refractivity contribution >= 4 is 6.47 Å². The molecular weight excluding hydrogens is 122 g/mol. The molecule has 1 fully saturated rings. The summed E-state index contributed by atoms with van der Waals surface area (Å²) in [6.07, 6.45) is 0. The molecule has 0 aromatic heterocycles. The molecule has 1 aliphatic heterocycles. The first-order valence-electron chi connectivity index (χ1n) is 2.67. The molecule has 1 heterocycles. The SMILES string of the molecule is NC1(OC=O)NCCN1. The number of nitrogens with one attached hydrogen (secondary N) is 2. The Kier molecular flexibility index (Phi) is 1.65. The number of carbonyl (C=O) groups excluding carboxylic acids is 1. The van der Waals surface area contributed by atoms with Crippen LogP contribution in [0, 0.1) is 0 Å². The molecule has 0 unspecified atom stereocenters. The predicted octanol–water partition coefficient (Wildman–Crippen LogP) is -2.08. The van der Waals surface area contributed by atoms with Gasteiger partial charge in [-0.05, 0) is 0 Å². The highest BCUT2D eigenvalue weighted by molar-refractivity contribution is 5.38. The van der Waals surface area contributed by atoms with Crippen LogP contribution in [0.25, 0.3) is 0 Å². The summed E-state index contributed by atoms with van der Waals surface area (Å²) < 4.78 is 4.47. The minimum Gasteiger partial charge on any atom is -0.418 e. The first kappa shape index (κ1) is 6.47. The summed E-state index contributed by atoms with van der Waals surface area (Å²) >= 11 is 0. The first-order valence-corrected chi connectivity index (χ1v) is 2.67. The molecule has 0 spiro atoms. The lowest BCUT2D eigenvalue weighted by Gasteiger charge is -2.20. The lowest BCUT2D eigenvalue weighted by Crippen LogP contribution is -2.59. The van der Waals surface area contributed by atoms with E-state index < -0.39 is 5.97 Å². The zero-order valence-electron chi connectivity index (χ0n) is 4.89. The van der Waals surface area contributed by atoms with Gasteiger partial charge in [0.15, 0.2) is 0 Å². The lowest BCUT2D eigenvalue weighted by atomic mass is 10.7. The van der Waals surface area contributed by atoms with Gasteiger partial charge < -0.3 is 4.74 Å². The van der Waals surface area contributed by atoms with E-state index in [1.54, 1.807) is 0 Å². The second-order valence-electron chi connectivity index (χ2n) is 1.80. The third kappa shape index (κ3) is 1.38. The van der Waals surface area contributed by atoms with Crippen molar-refractivity contribution in [3.63, 3.8) is 0 Å². The van der Waals surface area contributed by atoms with Crippen molar-refractivity contribution in [3.05, 3.63) is 0 Å². The van der Waals surface area contributed by atoms with Crippen LogP contribution >= 0.6 is 0 Å². The number of carbonyl (C=O) groups is 1. The number of ether oxygens (including phenoxy) is 1. The van der Waals surface area contributed by atoms with Crippen molar-refractivity contribution in [2.75, 3.05) is 13.1 Å². The van der Waals surface area contributed by atoms with Gasteiger partial charge in [-0.15, -0.1) is 0 Å². The van der Waals surface area contributed by atoms with E-state index in [2.05, 4.69) is 15.4 Å². The van der Waals surface area contributed by atoms with Crippen molar-refractivity contribution in [1.29, 1.82) is 0 Å². The van der Waals surface area contributed by atoms with Crippen LogP contribution in [0.3, 0.4) is 0 Å². The zero-order valence-corrected chi connectivity index (χ0v) is 4.89. The normalized spacial score (nSPS) is 23.7. The van der Waals surface area contributed by atoms with Gasteiger partial charge in [0, 0.05) is 13.1 Å². The van der Waals surface area contributed by atoms with Gasteiger partial charge in [-0.25, -0.2) is 0 Å². The standard InChI is InChI=1S/C4H9N3O2/c5-4(9-3-8)6-1-2-7-4/h3,6-7H,1-2,5H2. The molecule has 52 valence electrons. The van der Waals surface area contributed by atoms with Crippen LogP contribution < -0.4 is 16.4 Å². The van der Waals surface area contributed by atoms with Gasteiger partial charge in [-0.2, -0.15) is 0 Å². The second kappa shape index (κ2) is 2.30. The molecule has 0 bridgehead atoms. The summed E-state index contributed by atoms with van der Waals surface area (Å²) in [6.45, 7) is 1.74. The van der Waals surface area contributed by atoms with Crippen molar-refractivity contribution in [1.82, 2.24) is 10.6 Å². The van der Waals surface area contributed by atoms with E-state index in [1.165, 1.54) is 0 Å². The summed E-state index contributed by atoms with van der Waals surface area (Å²) in [7, 11) is 0. The predicted molar refractivity (Wildman–Crippen MR) is 30.1 cm³/mol. The molecular formula is C4H9N3O2. The van der Waals surface area contributed by atoms with Crippen LogP contribution in [0.4, 0.5) is 0 Å². The molecule has 1 rings (SSSR count). The molecule has 0 radical (unpaired) electrons. The summed E-state index contributed by atoms with van der Waals surface area (Å²) in [5.41, 5.74) is 5.39. The summed E-state index contributed by atoms with van der Waals surface area (Å²) in [4.78, 5) is 9.78. The van der Waals surface area contributed by atoms with Crippen LogP contribution in [0.2, 0.25) is 0 Å². The molecule has 1 saturated heterocycles. The molecule has 0 aromatic carbocycles. The average Bonchev–Trinajstić information content (AvgIpc) is 2.16. The van der Waals surface area contributed by atoms with Crippen LogP contribution in [0.15, 0.2) is 0 Å². The third-order valence-electron chi connectivity index (χ3n) is 1.13. The topological polar surface area (TPSA) is 76.4 Å². The molecule has 0 aromatic rings. The fourth-order valence-corrected chi connectivity index (χ4v) is 0.718. The van der Waals surface area contributed by atoms with Crippen LogP contribution in [-0.4, -0.2) is 25.5 Å². The summed E-state index contributed by atoms with van der Waals surface area (Å²) in [6, 6.07) is 0. The van der Waals surface area contributed by atoms with E-state index in [0.29, 0.717) is 19.6 Å². The molecule has 9 heavy (non-hydrogen) atoms. The van der Waals surface area contributed by atoms with Gasteiger partial charge in [-0.1, -0.05) is 0 Å². The maximum Gasteiger partial charge on any atom is 0.296 e. The smallest absolute Gasteiger partial charge is 0.296 e. The maximum absolute atomic E-state index is 9.78. The minimum absolute atomic E-state index is 0.311. The van der Waals surface area contributed by atoms with Crippen molar-refractivity contribution in [2.24, 2.45) is 5.73 Å². The van der Waals surface area contributed by atoms with E-state index in [-0.39, 0.29) is 0 Å². The Labute approximate surface area is 52.5 Å². The molecule has 0 amide bonds. The van der Waals surface area contributed by atoms with Gasteiger partial charge in [0.1, 0.15) is 0 Å². The Hall–Kier alpha value is -0.650. The van der Waals surface area contributed by atoms with Crippen LogP contribution in [0.1, 0.15) is 0 Å². The average molecular weight is 131 g/mol. The fourth-order valence-electron chi connectivity index (χ4n) is 0.718. The molecule has 1 aliphatic rings. The van der Waals surface area contributed by atoms with Gasteiger partial charge in [0.2, 0.25) is 0 Å². The quantitative estimate of drug-likeness (QED) is 0.296. The van der Waals surface area contributed by atoms with E-state index in [0.717, 1.165) is 0 Å².